The van der Waals surface area contributed by atoms with E-state index in [1.807, 2.05) is 60.7 Å². The summed E-state index contributed by atoms with van der Waals surface area (Å²) in [5, 5.41) is 44.9. The second-order valence-electron chi connectivity index (χ2n) is 7.89. The molecule has 150 valence electrons. The van der Waals surface area contributed by atoms with Crippen LogP contribution in [0.4, 0.5) is 0 Å². The van der Waals surface area contributed by atoms with Crippen LogP contribution < -0.4 is 0 Å². The summed E-state index contributed by atoms with van der Waals surface area (Å²) < 4.78 is 0. The fourth-order valence-corrected chi connectivity index (χ4v) is 5.12. The van der Waals surface area contributed by atoms with E-state index < -0.39 is 0 Å². The van der Waals surface area contributed by atoms with E-state index >= 15 is 0 Å². The van der Waals surface area contributed by atoms with Crippen LogP contribution in [-0.2, 0) is 0 Å². The van der Waals surface area contributed by atoms with Gasteiger partial charge in [0.25, 0.3) is 0 Å². The fourth-order valence-electron chi connectivity index (χ4n) is 5.12. The fraction of sp³-hybridized carbons (Fsp3) is 0. The first-order valence-electron chi connectivity index (χ1n) is 10.2. The SMILES string of the molecule is N#Cc1nc2c3cccc4c3c(c3cccc5c6nc(C#N)c(C#N)nc6c4c53)c2nc1C#N. The highest BCUT2D eigenvalue weighted by molar-refractivity contribution is 6.46. The van der Waals surface area contributed by atoms with Gasteiger partial charge in [-0.15, -0.1) is 0 Å². The van der Waals surface area contributed by atoms with Crippen LogP contribution in [0.3, 0.4) is 0 Å². The van der Waals surface area contributed by atoms with Crippen molar-refractivity contribution in [2.45, 2.75) is 0 Å². The molecule has 0 spiro atoms. The molecule has 0 bridgehead atoms. The molecule has 0 amide bonds. The normalized spacial score (nSPS) is 11.4. The van der Waals surface area contributed by atoms with Crippen molar-refractivity contribution in [2.24, 2.45) is 0 Å². The van der Waals surface area contributed by atoms with E-state index in [-0.39, 0.29) is 22.8 Å². The third-order valence-electron chi connectivity index (χ3n) is 6.37. The summed E-state index contributed by atoms with van der Waals surface area (Å²) in [6.07, 6.45) is 0. The van der Waals surface area contributed by atoms with E-state index in [2.05, 4.69) is 19.9 Å². The average molecular weight is 430 g/mol. The summed E-state index contributed by atoms with van der Waals surface area (Å²) in [6.45, 7) is 0. The topological polar surface area (TPSA) is 147 Å². The van der Waals surface area contributed by atoms with Gasteiger partial charge in [-0.2, -0.15) is 21.0 Å². The molecular formula is C26H6N8. The van der Waals surface area contributed by atoms with Gasteiger partial charge in [0.05, 0.1) is 22.1 Å². The zero-order valence-corrected chi connectivity index (χ0v) is 17.0. The van der Waals surface area contributed by atoms with Gasteiger partial charge in [-0.25, -0.2) is 19.9 Å². The van der Waals surface area contributed by atoms with Crippen LogP contribution in [0.25, 0.3) is 65.2 Å². The number of hydrogen-bond donors (Lipinski definition) is 0. The van der Waals surface area contributed by atoms with Crippen LogP contribution in [0.15, 0.2) is 36.4 Å². The number of rotatable bonds is 0. The van der Waals surface area contributed by atoms with Crippen molar-refractivity contribution < 1.29 is 0 Å². The van der Waals surface area contributed by atoms with Crippen molar-refractivity contribution in [3.63, 3.8) is 0 Å². The highest BCUT2D eigenvalue weighted by Crippen LogP contribution is 2.48. The van der Waals surface area contributed by atoms with E-state index in [0.717, 1.165) is 43.1 Å². The Hall–Kier alpha value is -5.70. The molecule has 0 fully saturated rings. The Bertz CT molecular complexity index is 2060. The molecule has 0 radical (unpaired) electrons. The Balaban J connectivity index is 1.87. The summed E-state index contributed by atoms with van der Waals surface area (Å²) in [5.41, 5.74) is 2.16. The molecule has 0 unspecified atom stereocenters. The Morgan fingerprint density at radius 1 is 0.412 bits per heavy atom. The third-order valence-corrected chi connectivity index (χ3v) is 6.37. The minimum Gasteiger partial charge on any atom is -0.232 e. The first-order valence-corrected chi connectivity index (χ1v) is 10.2. The summed E-state index contributed by atoms with van der Waals surface area (Å²) in [6, 6.07) is 19.5. The quantitative estimate of drug-likeness (QED) is 0.318. The predicted octanol–water partition coefficient (Wildman–Crippen LogP) is 4.55. The zero-order valence-electron chi connectivity index (χ0n) is 17.0. The smallest absolute Gasteiger partial charge is 0.177 e. The predicted molar refractivity (Wildman–Crippen MR) is 124 cm³/mol. The van der Waals surface area contributed by atoms with Crippen molar-refractivity contribution >= 4 is 65.2 Å². The molecule has 0 aliphatic heterocycles. The van der Waals surface area contributed by atoms with Crippen molar-refractivity contribution in [1.29, 1.82) is 21.0 Å². The molecule has 2 aromatic heterocycles. The van der Waals surface area contributed by atoms with Gasteiger partial charge >= 0.3 is 0 Å². The van der Waals surface area contributed by atoms with Crippen LogP contribution in [0.1, 0.15) is 22.8 Å². The maximum absolute atomic E-state index is 9.55. The number of aromatic nitrogens is 4. The van der Waals surface area contributed by atoms with E-state index in [1.54, 1.807) is 0 Å². The molecule has 7 rings (SSSR count). The molecule has 0 saturated carbocycles. The molecule has 0 atom stereocenters. The van der Waals surface area contributed by atoms with E-state index in [1.165, 1.54) is 0 Å². The van der Waals surface area contributed by atoms with Gasteiger partial charge in [0.2, 0.25) is 0 Å². The first kappa shape index (κ1) is 17.9. The van der Waals surface area contributed by atoms with Crippen LogP contribution in [0.5, 0.6) is 0 Å². The average Bonchev–Trinajstić information content (AvgIpc) is 3.39. The van der Waals surface area contributed by atoms with Gasteiger partial charge in [-0.1, -0.05) is 36.4 Å². The van der Waals surface area contributed by atoms with Crippen LogP contribution in [0, 0.1) is 45.3 Å². The molecule has 0 aliphatic rings. The van der Waals surface area contributed by atoms with Gasteiger partial charge in [0.15, 0.2) is 22.8 Å². The highest BCUT2D eigenvalue weighted by Gasteiger charge is 2.25. The lowest BCUT2D eigenvalue weighted by Gasteiger charge is -2.06. The molecule has 5 aromatic carbocycles. The Morgan fingerprint density at radius 2 is 0.735 bits per heavy atom. The molecule has 34 heavy (non-hydrogen) atoms. The standard InChI is InChI=1S/C26H6N8/c27-7-15-17(9-29)34-26-22-12-4-2-6-14-20(12)21(11-3-1-5-13(19(11)22)23(26)31-15)25-24(14)32-16(8-28)18(10-30)33-25/h1-6H. The zero-order chi connectivity index (χ0) is 23.1. The lowest BCUT2D eigenvalue weighted by Crippen LogP contribution is -1.93. The summed E-state index contributed by atoms with van der Waals surface area (Å²) in [4.78, 5) is 18.1. The van der Waals surface area contributed by atoms with Gasteiger partial charge in [0, 0.05) is 32.3 Å². The summed E-state index contributed by atoms with van der Waals surface area (Å²) >= 11 is 0. The van der Waals surface area contributed by atoms with E-state index in [4.69, 9.17) is 0 Å². The maximum Gasteiger partial charge on any atom is 0.177 e. The van der Waals surface area contributed by atoms with Crippen molar-refractivity contribution in [1.82, 2.24) is 19.9 Å². The van der Waals surface area contributed by atoms with Crippen molar-refractivity contribution in [2.75, 3.05) is 0 Å². The molecule has 2 heterocycles. The molecule has 7 aromatic rings. The van der Waals surface area contributed by atoms with Crippen LogP contribution in [0.2, 0.25) is 0 Å². The van der Waals surface area contributed by atoms with E-state index in [9.17, 15) is 21.0 Å². The minimum atomic E-state index is -0.0191. The monoisotopic (exact) mass is 430 g/mol. The second kappa shape index (κ2) is 5.96. The number of fused-ring (bicyclic) bond motifs is 8. The molecular weight excluding hydrogens is 424 g/mol. The van der Waals surface area contributed by atoms with Crippen LogP contribution >= 0.6 is 0 Å². The lowest BCUT2D eigenvalue weighted by atomic mass is 9.96. The summed E-state index contributed by atoms with van der Waals surface area (Å²) in [7, 11) is 0. The molecule has 8 heteroatoms. The lowest BCUT2D eigenvalue weighted by molar-refractivity contribution is 1.21. The van der Waals surface area contributed by atoms with Gasteiger partial charge in [0.1, 0.15) is 24.3 Å². The van der Waals surface area contributed by atoms with Crippen LogP contribution in [-0.4, -0.2) is 19.9 Å². The molecule has 0 aliphatic carbocycles. The van der Waals surface area contributed by atoms with Gasteiger partial charge in [-0.3, -0.25) is 0 Å². The number of benzene rings is 3. The largest absolute Gasteiger partial charge is 0.232 e. The Morgan fingerprint density at radius 3 is 1.09 bits per heavy atom. The minimum absolute atomic E-state index is 0.0118. The highest BCUT2D eigenvalue weighted by atomic mass is 14.8. The molecule has 8 nitrogen and oxygen atoms in total. The molecule has 0 saturated heterocycles. The number of nitriles is 4. The van der Waals surface area contributed by atoms with Crippen molar-refractivity contribution in [3.05, 3.63) is 59.2 Å². The number of nitrogens with zero attached hydrogens (tertiary/aromatic N) is 8. The van der Waals surface area contributed by atoms with Gasteiger partial charge < -0.3 is 0 Å². The summed E-state index contributed by atoms with van der Waals surface area (Å²) in [5.74, 6) is 0. The second-order valence-corrected chi connectivity index (χ2v) is 7.89. The Labute approximate surface area is 189 Å². The van der Waals surface area contributed by atoms with Crippen molar-refractivity contribution in [3.8, 4) is 24.3 Å². The van der Waals surface area contributed by atoms with Gasteiger partial charge in [-0.05, 0) is 10.8 Å². The maximum atomic E-state index is 9.55. The number of hydrogen-bond acceptors (Lipinski definition) is 8. The van der Waals surface area contributed by atoms with E-state index in [0.29, 0.717) is 22.1 Å². The third kappa shape index (κ3) is 1.89. The Kier molecular flexibility index (Phi) is 3.14. The molecule has 0 N–H and O–H groups in total. The first-order chi connectivity index (χ1) is 16.7.